The van der Waals surface area contributed by atoms with Crippen LogP contribution in [0, 0.1) is 0 Å². The number of hydrogen-bond donors (Lipinski definition) is 1. The summed E-state index contributed by atoms with van der Waals surface area (Å²) >= 11 is 0. The molecule has 7 heteroatoms. The van der Waals surface area contributed by atoms with E-state index in [2.05, 4.69) is 9.97 Å². The van der Waals surface area contributed by atoms with Crippen molar-refractivity contribution in [1.29, 1.82) is 0 Å². The molecule has 2 N–H and O–H groups in total. The molecule has 0 amide bonds. The molecule has 1 aliphatic rings. The van der Waals surface area contributed by atoms with E-state index in [1.54, 1.807) is 0 Å². The van der Waals surface area contributed by atoms with Crippen molar-refractivity contribution in [2.45, 2.75) is 31.6 Å². The molecule has 1 saturated carbocycles. The summed E-state index contributed by atoms with van der Waals surface area (Å²) in [7, 11) is 0. The summed E-state index contributed by atoms with van der Waals surface area (Å²) in [5, 5.41) is 0. The molecule has 0 radical (unpaired) electrons. The van der Waals surface area contributed by atoms with E-state index in [1.165, 1.54) is 17.3 Å². The van der Waals surface area contributed by atoms with E-state index < -0.39 is 12.7 Å². The Morgan fingerprint density at radius 2 is 2.06 bits per heavy atom. The van der Waals surface area contributed by atoms with Crippen molar-refractivity contribution in [1.82, 2.24) is 9.97 Å². The summed E-state index contributed by atoms with van der Waals surface area (Å²) in [4.78, 5) is 9.20. The highest BCUT2D eigenvalue weighted by Crippen LogP contribution is 2.33. The Balaban J connectivity index is 2.19. The first-order valence-electron chi connectivity index (χ1n) is 5.34. The Morgan fingerprint density at radius 3 is 2.59 bits per heavy atom. The summed E-state index contributed by atoms with van der Waals surface area (Å²) in [5.74, 6) is 0.257. The second-order valence-corrected chi connectivity index (χ2v) is 4.05. The maximum absolute atomic E-state index is 12.4. The van der Waals surface area contributed by atoms with Crippen molar-refractivity contribution in [3.63, 3.8) is 0 Å². The number of halogens is 3. The van der Waals surface area contributed by atoms with Gasteiger partial charge in [-0.2, -0.15) is 13.2 Å². The van der Waals surface area contributed by atoms with Gasteiger partial charge in [0.25, 0.3) is 0 Å². The number of hydrogen-bond acceptors (Lipinski definition) is 4. The van der Waals surface area contributed by atoms with Gasteiger partial charge in [-0.1, -0.05) is 0 Å². The second-order valence-electron chi connectivity index (χ2n) is 4.05. The van der Waals surface area contributed by atoms with Crippen molar-refractivity contribution >= 4 is 5.82 Å². The molecule has 0 spiro atoms. The highest BCUT2D eigenvalue weighted by molar-refractivity contribution is 5.40. The zero-order valence-corrected chi connectivity index (χ0v) is 9.11. The van der Waals surface area contributed by atoms with E-state index in [9.17, 15) is 13.2 Å². The molecule has 1 heterocycles. The van der Waals surface area contributed by atoms with E-state index in [-0.39, 0.29) is 18.4 Å². The lowest BCUT2D eigenvalue weighted by molar-refractivity contribution is -0.120. The van der Waals surface area contributed by atoms with Crippen LogP contribution >= 0.6 is 0 Å². The quantitative estimate of drug-likeness (QED) is 0.874. The van der Waals surface area contributed by atoms with Crippen LogP contribution in [0.25, 0.3) is 0 Å². The van der Waals surface area contributed by atoms with Gasteiger partial charge in [-0.05, 0) is 12.8 Å². The smallest absolute Gasteiger partial charge is 0.343 e. The van der Waals surface area contributed by atoms with Gasteiger partial charge in [0.2, 0.25) is 0 Å². The zero-order chi connectivity index (χ0) is 12.5. The summed E-state index contributed by atoms with van der Waals surface area (Å²) in [5.41, 5.74) is 5.89. The van der Waals surface area contributed by atoms with Gasteiger partial charge < -0.3 is 10.6 Å². The molecule has 0 saturated heterocycles. The van der Waals surface area contributed by atoms with Gasteiger partial charge in [0.1, 0.15) is 12.4 Å². The van der Waals surface area contributed by atoms with Crippen LogP contribution in [0.5, 0.6) is 0 Å². The van der Waals surface area contributed by atoms with Gasteiger partial charge in [-0.15, -0.1) is 0 Å². The minimum Gasteiger partial charge on any atom is -0.343 e. The lowest BCUT2D eigenvalue weighted by atomic mass is 10.4. The average Bonchev–Trinajstić information content (AvgIpc) is 3.09. The second kappa shape index (κ2) is 4.48. The van der Waals surface area contributed by atoms with Crippen LogP contribution in [-0.4, -0.2) is 28.7 Å². The number of aromatic nitrogens is 2. The Hall–Kier alpha value is -1.37. The summed E-state index contributed by atoms with van der Waals surface area (Å²) in [6, 6.07) is -0.0704. The fraction of sp³-hybridized carbons (Fsp3) is 0.600. The topological polar surface area (TPSA) is 55.0 Å². The third-order valence-electron chi connectivity index (χ3n) is 2.51. The van der Waals surface area contributed by atoms with E-state index in [0.717, 1.165) is 12.8 Å². The minimum absolute atomic E-state index is 0.0704. The van der Waals surface area contributed by atoms with Crippen LogP contribution in [0.15, 0.2) is 12.4 Å². The summed E-state index contributed by atoms with van der Waals surface area (Å²) < 4.78 is 37.3. The van der Waals surface area contributed by atoms with Crippen LogP contribution in [0.1, 0.15) is 18.5 Å². The Bertz CT molecular complexity index is 389. The van der Waals surface area contributed by atoms with Crippen LogP contribution in [-0.2, 0) is 6.54 Å². The molecule has 0 aliphatic heterocycles. The number of rotatable bonds is 4. The first kappa shape index (κ1) is 12.1. The predicted octanol–water partition coefficient (Wildman–Crippen LogP) is 1.47. The lowest BCUT2D eigenvalue weighted by Crippen LogP contribution is -2.36. The molecule has 17 heavy (non-hydrogen) atoms. The Kier molecular flexibility index (Phi) is 3.19. The third kappa shape index (κ3) is 3.29. The largest absolute Gasteiger partial charge is 0.405 e. The van der Waals surface area contributed by atoms with Gasteiger partial charge in [-0.25, -0.2) is 4.98 Å². The fourth-order valence-corrected chi connectivity index (χ4v) is 1.61. The summed E-state index contributed by atoms with van der Waals surface area (Å²) in [6.07, 6.45) is 0.115. The number of anilines is 1. The first-order chi connectivity index (χ1) is 7.99. The zero-order valence-electron chi connectivity index (χ0n) is 9.11. The van der Waals surface area contributed by atoms with Crippen molar-refractivity contribution in [2.24, 2.45) is 5.73 Å². The van der Waals surface area contributed by atoms with Gasteiger partial charge >= 0.3 is 6.18 Å². The molecular formula is C10H13F3N4. The monoisotopic (exact) mass is 246 g/mol. The standard InChI is InChI=1S/C10H13F3N4/c11-10(12,13)6-17(8-1-2-8)9-5-15-4-7(3-14)16-9/h4-5,8H,1-3,6,14H2. The molecular weight excluding hydrogens is 233 g/mol. The normalized spacial score (nSPS) is 16.0. The maximum Gasteiger partial charge on any atom is 0.405 e. The van der Waals surface area contributed by atoms with E-state index >= 15 is 0 Å². The van der Waals surface area contributed by atoms with E-state index in [1.807, 2.05) is 0 Å². The van der Waals surface area contributed by atoms with Crippen molar-refractivity contribution in [2.75, 3.05) is 11.4 Å². The van der Waals surface area contributed by atoms with E-state index in [0.29, 0.717) is 5.69 Å². The highest BCUT2D eigenvalue weighted by atomic mass is 19.4. The molecule has 0 unspecified atom stereocenters. The average molecular weight is 246 g/mol. The molecule has 1 aromatic rings. The van der Waals surface area contributed by atoms with Crippen LogP contribution in [0.2, 0.25) is 0 Å². The molecule has 94 valence electrons. The van der Waals surface area contributed by atoms with Gasteiger partial charge in [0.05, 0.1) is 11.9 Å². The lowest BCUT2D eigenvalue weighted by Gasteiger charge is -2.24. The van der Waals surface area contributed by atoms with Crippen molar-refractivity contribution < 1.29 is 13.2 Å². The Labute approximate surface area is 96.7 Å². The predicted molar refractivity (Wildman–Crippen MR) is 56.3 cm³/mol. The third-order valence-corrected chi connectivity index (χ3v) is 2.51. The SMILES string of the molecule is NCc1cncc(N(CC(F)(F)F)C2CC2)n1. The molecule has 1 aliphatic carbocycles. The van der Waals surface area contributed by atoms with Crippen molar-refractivity contribution in [3.05, 3.63) is 18.1 Å². The van der Waals surface area contributed by atoms with Gasteiger partial charge in [-0.3, -0.25) is 4.98 Å². The van der Waals surface area contributed by atoms with Crippen LogP contribution < -0.4 is 10.6 Å². The van der Waals surface area contributed by atoms with Gasteiger partial charge in [0.15, 0.2) is 0 Å². The maximum atomic E-state index is 12.4. The molecule has 4 nitrogen and oxygen atoms in total. The number of nitrogens with zero attached hydrogens (tertiary/aromatic N) is 3. The molecule has 0 bridgehead atoms. The van der Waals surface area contributed by atoms with Crippen LogP contribution in [0.3, 0.4) is 0 Å². The molecule has 0 aromatic carbocycles. The van der Waals surface area contributed by atoms with Gasteiger partial charge in [0, 0.05) is 18.8 Å². The molecule has 0 atom stereocenters. The van der Waals surface area contributed by atoms with E-state index in [4.69, 9.17) is 5.73 Å². The van der Waals surface area contributed by atoms with Crippen LogP contribution in [0.4, 0.5) is 19.0 Å². The number of nitrogens with two attached hydrogens (primary N) is 1. The molecule has 1 aromatic heterocycles. The Morgan fingerprint density at radius 1 is 1.35 bits per heavy atom. The fourth-order valence-electron chi connectivity index (χ4n) is 1.61. The first-order valence-corrected chi connectivity index (χ1v) is 5.34. The minimum atomic E-state index is -4.23. The summed E-state index contributed by atoms with van der Waals surface area (Å²) in [6.45, 7) is -0.814. The number of alkyl halides is 3. The highest BCUT2D eigenvalue weighted by Gasteiger charge is 2.38. The van der Waals surface area contributed by atoms with Crippen molar-refractivity contribution in [3.8, 4) is 0 Å². The molecule has 2 rings (SSSR count). The molecule has 1 fully saturated rings.